The Morgan fingerprint density at radius 2 is 2.47 bits per heavy atom. The molecule has 2 rings (SSSR count). The van der Waals surface area contributed by atoms with Crippen molar-refractivity contribution in [1.29, 1.82) is 0 Å². The van der Waals surface area contributed by atoms with Crippen LogP contribution in [0.1, 0.15) is 32.0 Å². The second kappa shape index (κ2) is 5.31. The van der Waals surface area contributed by atoms with Crippen LogP contribution in [0.2, 0.25) is 0 Å². The Labute approximate surface area is 101 Å². The van der Waals surface area contributed by atoms with Gasteiger partial charge in [-0.25, -0.2) is 0 Å². The van der Waals surface area contributed by atoms with Crippen molar-refractivity contribution in [3.8, 4) is 0 Å². The lowest BCUT2D eigenvalue weighted by molar-refractivity contribution is 0.0906. The Hall–Kier alpha value is -1.36. The van der Waals surface area contributed by atoms with Crippen molar-refractivity contribution in [3.05, 3.63) is 18.5 Å². The van der Waals surface area contributed by atoms with E-state index in [9.17, 15) is 0 Å². The molecule has 1 saturated heterocycles. The van der Waals surface area contributed by atoms with Crippen LogP contribution in [0.25, 0.3) is 0 Å². The van der Waals surface area contributed by atoms with Gasteiger partial charge < -0.3 is 14.2 Å². The first-order valence-electron chi connectivity index (χ1n) is 6.01. The fourth-order valence-electron chi connectivity index (χ4n) is 1.83. The molecule has 1 aromatic heterocycles. The molecule has 0 aliphatic carbocycles. The van der Waals surface area contributed by atoms with Crippen molar-refractivity contribution < 1.29 is 9.26 Å². The predicted octanol–water partition coefficient (Wildman–Crippen LogP) is 1.97. The third kappa shape index (κ3) is 2.85. The Morgan fingerprint density at radius 1 is 1.65 bits per heavy atom. The molecule has 2 heterocycles. The molecule has 0 spiro atoms. The first kappa shape index (κ1) is 12.1. The Balaban J connectivity index is 1.92. The molecule has 1 atom stereocenters. The third-order valence-corrected chi connectivity index (χ3v) is 2.81. The zero-order valence-electron chi connectivity index (χ0n) is 10.4. The van der Waals surface area contributed by atoms with E-state index in [2.05, 4.69) is 35.5 Å². The van der Waals surface area contributed by atoms with E-state index in [1.54, 1.807) is 6.08 Å². The van der Waals surface area contributed by atoms with Crippen LogP contribution in [0, 0.1) is 0 Å². The highest BCUT2D eigenvalue weighted by atomic mass is 16.5. The quantitative estimate of drug-likeness (QED) is 0.733. The van der Waals surface area contributed by atoms with Gasteiger partial charge in [0.25, 0.3) is 0 Å². The zero-order chi connectivity index (χ0) is 12.3. The summed E-state index contributed by atoms with van der Waals surface area (Å²) in [7, 11) is 0. The smallest absolute Gasteiger partial charge is 0.324 e. The van der Waals surface area contributed by atoms with Gasteiger partial charge in [-0.1, -0.05) is 25.1 Å². The Morgan fingerprint density at radius 3 is 3.12 bits per heavy atom. The maximum Gasteiger partial charge on any atom is 0.324 e. The van der Waals surface area contributed by atoms with Gasteiger partial charge in [-0.15, -0.1) is 6.58 Å². The lowest BCUT2D eigenvalue weighted by Crippen LogP contribution is -2.23. The fraction of sp³-hybridized carbons (Fsp3) is 0.667. The summed E-state index contributed by atoms with van der Waals surface area (Å²) in [4.78, 5) is 6.45. The van der Waals surface area contributed by atoms with Gasteiger partial charge in [0, 0.05) is 19.0 Å². The van der Waals surface area contributed by atoms with E-state index >= 15 is 0 Å². The number of aromatic nitrogens is 2. The van der Waals surface area contributed by atoms with Gasteiger partial charge in [0.2, 0.25) is 0 Å². The molecule has 0 amide bonds. The van der Waals surface area contributed by atoms with Gasteiger partial charge in [-0.2, -0.15) is 4.98 Å². The molecule has 1 aliphatic rings. The van der Waals surface area contributed by atoms with E-state index in [1.165, 1.54) is 0 Å². The van der Waals surface area contributed by atoms with Gasteiger partial charge in [0.05, 0.1) is 12.7 Å². The highest BCUT2D eigenvalue weighted by Gasteiger charge is 2.26. The third-order valence-electron chi connectivity index (χ3n) is 2.81. The van der Waals surface area contributed by atoms with E-state index in [1.807, 2.05) is 0 Å². The predicted molar refractivity (Wildman–Crippen MR) is 65.2 cm³/mol. The molecule has 1 aromatic rings. The molecule has 0 N–H and O–H groups in total. The molecule has 1 fully saturated rings. The maximum atomic E-state index is 5.61. The van der Waals surface area contributed by atoms with Crippen molar-refractivity contribution in [2.45, 2.75) is 32.3 Å². The molecule has 17 heavy (non-hydrogen) atoms. The first-order valence-corrected chi connectivity index (χ1v) is 6.01. The fourth-order valence-corrected chi connectivity index (χ4v) is 1.83. The number of rotatable bonds is 5. The average Bonchev–Trinajstić information content (AvgIpc) is 2.94. The van der Waals surface area contributed by atoms with Crippen molar-refractivity contribution in [2.24, 2.45) is 0 Å². The van der Waals surface area contributed by atoms with Crippen molar-refractivity contribution in [3.63, 3.8) is 0 Å². The molecule has 0 radical (unpaired) electrons. The highest BCUT2D eigenvalue weighted by Crippen LogP contribution is 2.21. The minimum atomic E-state index is 0.238. The van der Waals surface area contributed by atoms with E-state index in [-0.39, 0.29) is 6.10 Å². The van der Waals surface area contributed by atoms with Crippen LogP contribution in [0.15, 0.2) is 17.2 Å². The van der Waals surface area contributed by atoms with Crippen molar-refractivity contribution in [1.82, 2.24) is 10.1 Å². The lowest BCUT2D eigenvalue weighted by Gasteiger charge is -2.12. The topological polar surface area (TPSA) is 51.4 Å². The summed E-state index contributed by atoms with van der Waals surface area (Å²) in [5.74, 6) is 1.05. The lowest BCUT2D eigenvalue weighted by atomic mass is 10.2. The molecule has 0 saturated carbocycles. The number of ether oxygens (including phenoxy) is 1. The van der Waals surface area contributed by atoms with Crippen LogP contribution in [0.3, 0.4) is 0 Å². The summed E-state index contributed by atoms with van der Waals surface area (Å²) in [6.45, 7) is 10.1. The van der Waals surface area contributed by atoms with Crippen LogP contribution >= 0.6 is 0 Å². The van der Waals surface area contributed by atoms with Gasteiger partial charge >= 0.3 is 6.01 Å². The molecule has 0 aromatic carbocycles. The van der Waals surface area contributed by atoms with Gasteiger partial charge in [0.15, 0.2) is 5.82 Å². The van der Waals surface area contributed by atoms with E-state index in [0.29, 0.717) is 18.5 Å². The maximum absolute atomic E-state index is 5.61. The largest absolute Gasteiger partial charge is 0.372 e. The monoisotopic (exact) mass is 237 g/mol. The molecular weight excluding hydrogens is 218 g/mol. The number of nitrogens with zero attached hydrogens (tertiary/aromatic N) is 3. The molecular formula is C12H19N3O2. The molecule has 5 nitrogen and oxygen atoms in total. The SMILES string of the molecule is C=CCOC1CCN(c2nc(C(C)C)no2)C1. The summed E-state index contributed by atoms with van der Waals surface area (Å²) in [5, 5.41) is 3.96. The second-order valence-corrected chi connectivity index (χ2v) is 4.57. The summed E-state index contributed by atoms with van der Waals surface area (Å²) in [6, 6.07) is 0.610. The zero-order valence-corrected chi connectivity index (χ0v) is 10.4. The summed E-state index contributed by atoms with van der Waals surface area (Å²) >= 11 is 0. The molecule has 1 aliphatic heterocycles. The van der Waals surface area contributed by atoms with E-state index in [4.69, 9.17) is 9.26 Å². The molecule has 94 valence electrons. The second-order valence-electron chi connectivity index (χ2n) is 4.57. The number of anilines is 1. The Kier molecular flexibility index (Phi) is 3.78. The van der Waals surface area contributed by atoms with Crippen LogP contribution in [0.4, 0.5) is 6.01 Å². The van der Waals surface area contributed by atoms with Gasteiger partial charge in [-0.3, -0.25) is 0 Å². The van der Waals surface area contributed by atoms with Gasteiger partial charge in [-0.05, 0) is 6.42 Å². The number of hydrogen-bond acceptors (Lipinski definition) is 5. The number of hydrogen-bond donors (Lipinski definition) is 0. The average molecular weight is 237 g/mol. The summed E-state index contributed by atoms with van der Waals surface area (Å²) < 4.78 is 10.9. The van der Waals surface area contributed by atoms with Crippen LogP contribution in [-0.2, 0) is 4.74 Å². The van der Waals surface area contributed by atoms with Crippen LogP contribution in [-0.4, -0.2) is 35.9 Å². The van der Waals surface area contributed by atoms with Crippen LogP contribution < -0.4 is 4.90 Å². The summed E-state index contributed by atoms with van der Waals surface area (Å²) in [5.41, 5.74) is 0. The van der Waals surface area contributed by atoms with Crippen molar-refractivity contribution in [2.75, 3.05) is 24.6 Å². The Bertz CT molecular complexity index is 376. The van der Waals surface area contributed by atoms with Crippen LogP contribution in [0.5, 0.6) is 0 Å². The normalized spacial score (nSPS) is 20.2. The van der Waals surface area contributed by atoms with Gasteiger partial charge in [0.1, 0.15) is 0 Å². The summed E-state index contributed by atoms with van der Waals surface area (Å²) in [6.07, 6.45) is 3.00. The molecule has 1 unspecified atom stereocenters. The molecule has 0 bridgehead atoms. The molecule has 5 heteroatoms. The highest BCUT2D eigenvalue weighted by molar-refractivity contribution is 5.27. The van der Waals surface area contributed by atoms with E-state index in [0.717, 1.165) is 25.3 Å². The first-order chi connectivity index (χ1) is 8.20. The minimum Gasteiger partial charge on any atom is -0.372 e. The van der Waals surface area contributed by atoms with Crippen molar-refractivity contribution >= 4 is 6.01 Å². The van der Waals surface area contributed by atoms with E-state index < -0.39 is 0 Å². The standard InChI is InChI=1S/C12H19N3O2/c1-4-7-16-10-5-6-15(8-10)12-13-11(9(2)3)14-17-12/h4,9-10H,1,5-8H2,2-3H3. The minimum absolute atomic E-state index is 0.238.